The number of hydrogen-bond donors (Lipinski definition) is 3. The lowest BCUT2D eigenvalue weighted by Crippen LogP contribution is -2.35. The maximum absolute atomic E-state index is 11.8. The van der Waals surface area contributed by atoms with Crippen LogP contribution in [0.1, 0.15) is 5.56 Å². The lowest BCUT2D eigenvalue weighted by molar-refractivity contribution is -0.120. The second-order valence-corrected chi connectivity index (χ2v) is 4.82. The minimum absolute atomic E-state index is 0. The van der Waals surface area contributed by atoms with E-state index < -0.39 is 0 Å². The fourth-order valence-electron chi connectivity index (χ4n) is 2.20. The molecular formula is C14H21ClN2O3. The van der Waals surface area contributed by atoms with Crippen molar-refractivity contribution in [1.29, 1.82) is 0 Å². The number of hydrogen-bond acceptors (Lipinski definition) is 4. The van der Waals surface area contributed by atoms with Crippen LogP contribution in [0.3, 0.4) is 0 Å². The van der Waals surface area contributed by atoms with Crippen LogP contribution in [-0.4, -0.2) is 43.9 Å². The number of nitrogens with one attached hydrogen (secondary N) is 2. The van der Waals surface area contributed by atoms with Gasteiger partial charge in [0.25, 0.3) is 0 Å². The van der Waals surface area contributed by atoms with E-state index in [9.17, 15) is 9.90 Å². The van der Waals surface area contributed by atoms with E-state index >= 15 is 0 Å². The van der Waals surface area contributed by atoms with Crippen molar-refractivity contribution in [2.45, 2.75) is 12.5 Å². The van der Waals surface area contributed by atoms with Gasteiger partial charge in [-0.2, -0.15) is 0 Å². The van der Waals surface area contributed by atoms with Crippen LogP contribution in [0.15, 0.2) is 24.3 Å². The Hall–Kier alpha value is -1.30. The number of ether oxygens (including phenoxy) is 1. The summed E-state index contributed by atoms with van der Waals surface area (Å²) in [4.78, 5) is 11.8. The largest absolute Gasteiger partial charge is 0.497 e. The van der Waals surface area contributed by atoms with Gasteiger partial charge in [0.15, 0.2) is 0 Å². The van der Waals surface area contributed by atoms with Gasteiger partial charge < -0.3 is 20.5 Å². The van der Waals surface area contributed by atoms with Crippen LogP contribution in [0.25, 0.3) is 0 Å². The van der Waals surface area contributed by atoms with Crippen LogP contribution < -0.4 is 15.4 Å². The van der Waals surface area contributed by atoms with Gasteiger partial charge in [-0.25, -0.2) is 0 Å². The number of aliphatic hydroxyl groups excluding tert-OH is 1. The molecule has 1 amide bonds. The second kappa shape index (κ2) is 8.09. The monoisotopic (exact) mass is 300 g/mol. The van der Waals surface area contributed by atoms with Gasteiger partial charge in [-0.1, -0.05) is 12.1 Å². The van der Waals surface area contributed by atoms with Crippen LogP contribution in [0.4, 0.5) is 0 Å². The quantitative estimate of drug-likeness (QED) is 0.734. The maximum atomic E-state index is 11.8. The van der Waals surface area contributed by atoms with Gasteiger partial charge in [-0.3, -0.25) is 4.79 Å². The van der Waals surface area contributed by atoms with Crippen molar-refractivity contribution in [3.8, 4) is 5.75 Å². The Labute approximate surface area is 125 Å². The summed E-state index contributed by atoms with van der Waals surface area (Å²) in [6.45, 7) is 1.87. The van der Waals surface area contributed by atoms with Gasteiger partial charge in [0.1, 0.15) is 5.75 Å². The highest BCUT2D eigenvalue weighted by atomic mass is 35.5. The maximum Gasteiger partial charge on any atom is 0.224 e. The molecule has 1 aromatic rings. The zero-order valence-corrected chi connectivity index (χ0v) is 12.3. The fraction of sp³-hybridized carbons (Fsp3) is 0.500. The first-order chi connectivity index (χ1) is 9.19. The van der Waals surface area contributed by atoms with E-state index in [-0.39, 0.29) is 30.3 Å². The number of carbonyl (C=O) groups is 1. The number of amides is 1. The first-order valence-corrected chi connectivity index (χ1v) is 6.47. The van der Waals surface area contributed by atoms with Crippen LogP contribution in [0.5, 0.6) is 5.75 Å². The minimum Gasteiger partial charge on any atom is -0.497 e. The van der Waals surface area contributed by atoms with E-state index in [0.717, 1.165) is 17.9 Å². The molecule has 2 rings (SSSR count). The lowest BCUT2D eigenvalue weighted by Gasteiger charge is -2.14. The summed E-state index contributed by atoms with van der Waals surface area (Å²) < 4.78 is 5.12. The van der Waals surface area contributed by atoms with Crippen LogP contribution >= 0.6 is 12.4 Å². The molecule has 6 heteroatoms. The Kier molecular flexibility index (Phi) is 6.78. The highest BCUT2D eigenvalue weighted by molar-refractivity contribution is 5.85. The predicted octanol–water partition coefficient (Wildman–Crippen LogP) is 0.356. The zero-order chi connectivity index (χ0) is 13.7. The van der Waals surface area contributed by atoms with Gasteiger partial charge in [-0.15, -0.1) is 12.4 Å². The number of methoxy groups -OCH3 is 1. The second-order valence-electron chi connectivity index (χ2n) is 4.82. The fourth-order valence-corrected chi connectivity index (χ4v) is 2.20. The molecule has 5 nitrogen and oxygen atoms in total. The summed E-state index contributed by atoms with van der Waals surface area (Å²) in [6, 6.07) is 7.47. The van der Waals surface area contributed by atoms with Crippen molar-refractivity contribution in [2.75, 3.05) is 26.7 Å². The van der Waals surface area contributed by atoms with Crippen LogP contribution in [0.2, 0.25) is 0 Å². The van der Waals surface area contributed by atoms with Crippen LogP contribution in [0, 0.1) is 5.92 Å². The third kappa shape index (κ3) is 4.67. The number of rotatable bonds is 5. The third-order valence-corrected chi connectivity index (χ3v) is 3.36. The average molecular weight is 301 g/mol. The number of β-amino-alcohol motifs (C(OH)–C–C–N with tert-alkyl or cyclic N) is 1. The molecule has 1 aromatic carbocycles. The first-order valence-electron chi connectivity index (χ1n) is 6.47. The van der Waals surface area contributed by atoms with Crippen molar-refractivity contribution < 1.29 is 14.6 Å². The highest BCUT2D eigenvalue weighted by Crippen LogP contribution is 2.13. The average Bonchev–Trinajstić information content (AvgIpc) is 2.82. The summed E-state index contributed by atoms with van der Waals surface area (Å²) in [7, 11) is 1.60. The summed E-state index contributed by atoms with van der Waals surface area (Å²) in [5.41, 5.74) is 0.918. The molecule has 20 heavy (non-hydrogen) atoms. The number of aliphatic hydroxyl groups is 1. The van der Waals surface area contributed by atoms with Crippen molar-refractivity contribution in [1.82, 2.24) is 10.6 Å². The summed E-state index contributed by atoms with van der Waals surface area (Å²) in [6.07, 6.45) is -0.0369. The van der Waals surface area contributed by atoms with Gasteiger partial charge in [0.05, 0.1) is 19.6 Å². The zero-order valence-electron chi connectivity index (χ0n) is 11.5. The SMILES string of the molecule is COc1cccc(CC(=O)NCC2CNCC2O)c1.Cl. The normalized spacial score (nSPS) is 21.1. The van der Waals surface area contributed by atoms with Gasteiger partial charge in [-0.05, 0) is 17.7 Å². The smallest absolute Gasteiger partial charge is 0.224 e. The molecule has 2 unspecified atom stereocenters. The van der Waals surface area contributed by atoms with E-state index in [2.05, 4.69) is 10.6 Å². The third-order valence-electron chi connectivity index (χ3n) is 3.36. The summed E-state index contributed by atoms with van der Waals surface area (Å²) >= 11 is 0. The number of benzene rings is 1. The Morgan fingerprint density at radius 3 is 2.95 bits per heavy atom. The number of carbonyl (C=O) groups excluding carboxylic acids is 1. The molecule has 0 radical (unpaired) electrons. The van der Waals surface area contributed by atoms with Gasteiger partial charge >= 0.3 is 0 Å². The topological polar surface area (TPSA) is 70.6 Å². The standard InChI is InChI=1S/C14H20N2O3.ClH/c1-19-12-4-2-3-10(5-12)6-14(18)16-8-11-7-15-9-13(11)17;/h2-5,11,13,15,17H,6-9H2,1H3,(H,16,18);1H. The molecule has 0 aliphatic carbocycles. The van der Waals surface area contributed by atoms with Crippen molar-refractivity contribution in [3.05, 3.63) is 29.8 Å². The van der Waals surface area contributed by atoms with E-state index in [1.165, 1.54) is 0 Å². The van der Waals surface area contributed by atoms with E-state index in [0.29, 0.717) is 19.5 Å². The lowest BCUT2D eigenvalue weighted by atomic mass is 10.1. The molecule has 0 bridgehead atoms. The minimum atomic E-state index is -0.364. The Morgan fingerprint density at radius 1 is 1.50 bits per heavy atom. The molecule has 1 saturated heterocycles. The molecule has 112 valence electrons. The molecule has 0 spiro atoms. The van der Waals surface area contributed by atoms with Gasteiger partial charge in [0, 0.05) is 25.6 Å². The summed E-state index contributed by atoms with van der Waals surface area (Å²) in [5.74, 6) is 0.822. The van der Waals surface area contributed by atoms with Crippen molar-refractivity contribution in [3.63, 3.8) is 0 Å². The van der Waals surface area contributed by atoms with Gasteiger partial charge in [0.2, 0.25) is 5.91 Å². The van der Waals surface area contributed by atoms with Crippen molar-refractivity contribution >= 4 is 18.3 Å². The Bertz CT molecular complexity index is 442. The molecule has 1 aliphatic heterocycles. The molecule has 0 aromatic heterocycles. The van der Waals surface area contributed by atoms with E-state index in [4.69, 9.17) is 4.74 Å². The van der Waals surface area contributed by atoms with Crippen LogP contribution in [-0.2, 0) is 11.2 Å². The molecule has 1 heterocycles. The Morgan fingerprint density at radius 2 is 2.30 bits per heavy atom. The molecule has 3 N–H and O–H groups in total. The first kappa shape index (κ1) is 16.8. The predicted molar refractivity (Wildman–Crippen MR) is 79.3 cm³/mol. The molecule has 1 aliphatic rings. The summed E-state index contributed by atoms with van der Waals surface area (Å²) in [5, 5.41) is 15.6. The number of halogens is 1. The van der Waals surface area contributed by atoms with E-state index in [1.54, 1.807) is 7.11 Å². The van der Waals surface area contributed by atoms with E-state index in [1.807, 2.05) is 24.3 Å². The highest BCUT2D eigenvalue weighted by Gasteiger charge is 2.24. The Balaban J connectivity index is 0.00000200. The molecule has 2 atom stereocenters. The molecular weight excluding hydrogens is 280 g/mol. The van der Waals surface area contributed by atoms with Crippen molar-refractivity contribution in [2.24, 2.45) is 5.92 Å². The molecule has 0 saturated carbocycles. The molecule has 1 fully saturated rings.